The van der Waals surface area contributed by atoms with Crippen molar-refractivity contribution >= 4 is 12.1 Å². The number of hydrogen-bond donors (Lipinski definition) is 0. The molecule has 1 saturated carbocycles. The molecule has 5 nitrogen and oxygen atoms in total. The first-order valence-corrected chi connectivity index (χ1v) is 8.78. The van der Waals surface area contributed by atoms with Gasteiger partial charge in [-0.2, -0.15) is 0 Å². The minimum Gasteiger partial charge on any atom is -0.457 e. The summed E-state index contributed by atoms with van der Waals surface area (Å²) in [7, 11) is 0. The lowest BCUT2D eigenvalue weighted by Gasteiger charge is -2.49. The van der Waals surface area contributed by atoms with Gasteiger partial charge in [-0.25, -0.2) is 9.59 Å². The van der Waals surface area contributed by atoms with Gasteiger partial charge in [-0.3, -0.25) is 0 Å². The van der Waals surface area contributed by atoms with E-state index >= 15 is 0 Å². The van der Waals surface area contributed by atoms with Crippen molar-refractivity contribution in [1.82, 2.24) is 4.90 Å². The first kappa shape index (κ1) is 18.8. The number of amides is 1. The van der Waals surface area contributed by atoms with Crippen LogP contribution in [0.5, 0.6) is 0 Å². The SMILES string of the molecule is CC(C)(C)OC(=O)C=C1CC2(CCN(C(=O)OC(C)(C)C)CC2)C1. The molecule has 0 atom stereocenters. The Morgan fingerprint density at radius 1 is 0.958 bits per heavy atom. The zero-order chi connectivity index (χ0) is 18.2. The molecule has 0 unspecified atom stereocenters. The number of allylic oxidation sites excluding steroid dienone is 1. The van der Waals surface area contributed by atoms with Crippen LogP contribution in [0, 0.1) is 5.41 Å². The lowest BCUT2D eigenvalue weighted by atomic mass is 9.60. The maximum Gasteiger partial charge on any atom is 0.410 e. The number of hydrogen-bond acceptors (Lipinski definition) is 4. The number of piperidine rings is 1. The fourth-order valence-electron chi connectivity index (χ4n) is 3.36. The summed E-state index contributed by atoms with van der Waals surface area (Å²) in [5, 5.41) is 0. The standard InChI is InChI=1S/C19H31NO4/c1-17(2,3)23-15(21)11-14-12-19(13-14)7-9-20(10-8-19)16(22)24-18(4,5)6/h11H,7-10,12-13H2,1-6H3. The molecule has 0 aromatic heterocycles. The van der Waals surface area contributed by atoms with Crippen molar-refractivity contribution in [3.63, 3.8) is 0 Å². The molecule has 1 aliphatic carbocycles. The minimum atomic E-state index is -0.452. The third-order valence-electron chi connectivity index (χ3n) is 4.41. The molecule has 5 heteroatoms. The Hall–Kier alpha value is -1.52. The molecule has 1 aliphatic heterocycles. The van der Waals surface area contributed by atoms with Gasteiger partial charge in [-0.05, 0) is 72.6 Å². The molecule has 0 N–H and O–H groups in total. The lowest BCUT2D eigenvalue weighted by molar-refractivity contribution is -0.148. The predicted octanol–water partition coefficient (Wildman–Crippen LogP) is 4.07. The van der Waals surface area contributed by atoms with Crippen molar-refractivity contribution in [3.8, 4) is 0 Å². The molecule has 1 heterocycles. The van der Waals surface area contributed by atoms with Gasteiger partial charge >= 0.3 is 12.1 Å². The van der Waals surface area contributed by atoms with Gasteiger partial charge in [0.25, 0.3) is 0 Å². The molecule has 2 fully saturated rings. The summed E-state index contributed by atoms with van der Waals surface area (Å²) >= 11 is 0. The summed E-state index contributed by atoms with van der Waals surface area (Å²) in [5.41, 5.74) is 0.516. The average Bonchev–Trinajstić information content (AvgIpc) is 2.33. The van der Waals surface area contributed by atoms with Gasteiger partial charge in [-0.15, -0.1) is 0 Å². The van der Waals surface area contributed by atoms with Gasteiger partial charge in [0.05, 0.1) is 0 Å². The number of nitrogens with zero attached hydrogens (tertiary/aromatic N) is 1. The summed E-state index contributed by atoms with van der Waals surface area (Å²) in [5.74, 6) is -0.251. The highest BCUT2D eigenvalue weighted by molar-refractivity contribution is 5.83. The van der Waals surface area contributed by atoms with E-state index in [0.717, 1.165) is 44.3 Å². The largest absolute Gasteiger partial charge is 0.457 e. The first-order valence-electron chi connectivity index (χ1n) is 8.78. The fraction of sp³-hybridized carbons (Fsp3) is 0.789. The highest BCUT2D eigenvalue weighted by Gasteiger charge is 2.44. The van der Waals surface area contributed by atoms with Gasteiger partial charge in [0.1, 0.15) is 11.2 Å². The normalized spacial score (nSPS) is 20.4. The predicted molar refractivity (Wildman–Crippen MR) is 92.6 cm³/mol. The summed E-state index contributed by atoms with van der Waals surface area (Å²) in [6.07, 6.45) is 5.25. The van der Waals surface area contributed by atoms with Crippen LogP contribution in [0.2, 0.25) is 0 Å². The molecule has 0 radical (unpaired) electrons. The second-order valence-corrected chi connectivity index (χ2v) is 9.16. The van der Waals surface area contributed by atoms with Crippen LogP contribution in [0.4, 0.5) is 4.79 Å². The van der Waals surface area contributed by atoms with Crippen LogP contribution in [0.25, 0.3) is 0 Å². The van der Waals surface area contributed by atoms with E-state index in [1.165, 1.54) is 0 Å². The maximum atomic E-state index is 12.1. The second kappa shape index (κ2) is 6.41. The Morgan fingerprint density at radius 3 is 1.92 bits per heavy atom. The second-order valence-electron chi connectivity index (χ2n) is 9.16. The van der Waals surface area contributed by atoms with Crippen LogP contribution in [0.1, 0.15) is 67.2 Å². The van der Waals surface area contributed by atoms with Gasteiger partial charge in [0, 0.05) is 19.2 Å². The van der Waals surface area contributed by atoms with Crippen molar-refractivity contribution in [3.05, 3.63) is 11.6 Å². The van der Waals surface area contributed by atoms with Crippen LogP contribution < -0.4 is 0 Å². The van der Waals surface area contributed by atoms with E-state index < -0.39 is 11.2 Å². The third-order valence-corrected chi connectivity index (χ3v) is 4.41. The molecule has 1 saturated heterocycles. The van der Waals surface area contributed by atoms with Gasteiger partial charge in [0.15, 0.2) is 0 Å². The van der Waals surface area contributed by atoms with Crippen molar-refractivity contribution in [2.45, 2.75) is 78.4 Å². The van der Waals surface area contributed by atoms with Crippen molar-refractivity contribution in [2.75, 3.05) is 13.1 Å². The van der Waals surface area contributed by atoms with Crippen LogP contribution in [0.15, 0.2) is 11.6 Å². The molecule has 0 bridgehead atoms. The zero-order valence-corrected chi connectivity index (χ0v) is 15.9. The minimum absolute atomic E-state index is 0.221. The maximum absolute atomic E-state index is 12.1. The Kier molecular flexibility index (Phi) is 5.03. The summed E-state index contributed by atoms with van der Waals surface area (Å²) in [4.78, 5) is 25.7. The average molecular weight is 337 g/mol. The van der Waals surface area contributed by atoms with Crippen molar-refractivity contribution in [2.24, 2.45) is 5.41 Å². The van der Waals surface area contributed by atoms with E-state index in [1.54, 1.807) is 11.0 Å². The molecule has 0 aromatic carbocycles. The summed E-state index contributed by atoms with van der Waals surface area (Å²) < 4.78 is 10.8. The first-order chi connectivity index (χ1) is 10.9. The van der Waals surface area contributed by atoms with E-state index in [1.807, 2.05) is 41.5 Å². The Labute approximate surface area is 145 Å². The molecule has 1 spiro atoms. The van der Waals surface area contributed by atoms with Gasteiger partial charge < -0.3 is 14.4 Å². The fourth-order valence-corrected chi connectivity index (χ4v) is 3.36. The molecule has 2 aliphatic rings. The molecule has 0 aromatic rings. The molecule has 24 heavy (non-hydrogen) atoms. The number of likely N-dealkylation sites (tertiary alicyclic amines) is 1. The number of ether oxygens (including phenoxy) is 2. The van der Waals surface area contributed by atoms with E-state index in [4.69, 9.17) is 9.47 Å². The van der Waals surface area contributed by atoms with Gasteiger partial charge in [0.2, 0.25) is 0 Å². The van der Waals surface area contributed by atoms with Crippen LogP contribution >= 0.6 is 0 Å². The molecule has 136 valence electrons. The summed E-state index contributed by atoms with van der Waals surface area (Å²) in [6.45, 7) is 12.7. The summed E-state index contributed by atoms with van der Waals surface area (Å²) in [6, 6.07) is 0. The lowest BCUT2D eigenvalue weighted by Crippen LogP contribution is -2.48. The molecule has 1 amide bonds. The van der Waals surface area contributed by atoms with Crippen LogP contribution in [-0.4, -0.2) is 41.3 Å². The third kappa shape index (κ3) is 5.25. The van der Waals surface area contributed by atoms with E-state index in [2.05, 4.69) is 0 Å². The molecular formula is C19H31NO4. The topological polar surface area (TPSA) is 55.8 Å². The number of esters is 1. The zero-order valence-electron chi connectivity index (χ0n) is 15.9. The smallest absolute Gasteiger partial charge is 0.410 e. The molecular weight excluding hydrogens is 306 g/mol. The van der Waals surface area contributed by atoms with Crippen molar-refractivity contribution in [1.29, 1.82) is 0 Å². The van der Waals surface area contributed by atoms with E-state index in [9.17, 15) is 9.59 Å². The quantitative estimate of drug-likeness (QED) is 0.535. The van der Waals surface area contributed by atoms with Gasteiger partial charge in [-0.1, -0.05) is 5.57 Å². The highest BCUT2D eigenvalue weighted by atomic mass is 16.6. The monoisotopic (exact) mass is 337 g/mol. The van der Waals surface area contributed by atoms with Crippen LogP contribution in [0.3, 0.4) is 0 Å². The molecule has 2 rings (SSSR count). The number of carbonyl (C=O) groups is 2. The Morgan fingerprint density at radius 2 is 1.46 bits per heavy atom. The van der Waals surface area contributed by atoms with E-state index in [-0.39, 0.29) is 17.5 Å². The van der Waals surface area contributed by atoms with E-state index in [0.29, 0.717) is 0 Å². The highest BCUT2D eigenvalue weighted by Crippen LogP contribution is 2.52. The van der Waals surface area contributed by atoms with Crippen LogP contribution in [-0.2, 0) is 14.3 Å². The number of carbonyl (C=O) groups excluding carboxylic acids is 2. The number of rotatable bonds is 1. The Bertz CT molecular complexity index is 519. The Balaban J connectivity index is 1.80. The van der Waals surface area contributed by atoms with Crippen molar-refractivity contribution < 1.29 is 19.1 Å².